The highest BCUT2D eigenvalue weighted by Crippen LogP contribution is 2.16. The Morgan fingerprint density at radius 1 is 1.25 bits per heavy atom. The molecule has 4 heteroatoms. The highest BCUT2D eigenvalue weighted by molar-refractivity contribution is 6.71. The van der Waals surface area contributed by atoms with Crippen molar-refractivity contribution in [2.24, 2.45) is 0 Å². The lowest BCUT2D eigenvalue weighted by Gasteiger charge is -2.17. The standard InChI is InChI=1S/C12H15NO2Si/c1-16(2,3)15-12(14)10-4-5-11-9(8-10)6-7-13-11/h4-8,13H,1-3H3. The number of aromatic nitrogens is 1. The van der Waals surface area contributed by atoms with Crippen LogP contribution in [0, 0.1) is 0 Å². The van der Waals surface area contributed by atoms with E-state index < -0.39 is 8.32 Å². The summed E-state index contributed by atoms with van der Waals surface area (Å²) in [5.74, 6) is -0.220. The van der Waals surface area contributed by atoms with Crippen LogP contribution in [0.5, 0.6) is 0 Å². The van der Waals surface area contributed by atoms with Gasteiger partial charge in [-0.05, 0) is 43.9 Å². The molecule has 1 aromatic carbocycles. The third-order valence-electron chi connectivity index (χ3n) is 2.19. The molecule has 1 N–H and O–H groups in total. The van der Waals surface area contributed by atoms with Gasteiger partial charge in [-0.15, -0.1) is 0 Å². The van der Waals surface area contributed by atoms with E-state index in [9.17, 15) is 4.79 Å². The Morgan fingerprint density at radius 3 is 2.69 bits per heavy atom. The quantitative estimate of drug-likeness (QED) is 0.810. The first-order valence-electron chi connectivity index (χ1n) is 5.26. The molecule has 2 aromatic rings. The summed E-state index contributed by atoms with van der Waals surface area (Å²) in [6.07, 6.45) is 1.86. The molecule has 0 saturated heterocycles. The van der Waals surface area contributed by atoms with E-state index in [2.05, 4.69) is 4.98 Å². The minimum Gasteiger partial charge on any atom is -0.516 e. The minimum atomic E-state index is -1.81. The maximum atomic E-state index is 11.8. The van der Waals surface area contributed by atoms with Crippen LogP contribution in [0.1, 0.15) is 10.4 Å². The van der Waals surface area contributed by atoms with Gasteiger partial charge in [-0.2, -0.15) is 0 Å². The number of nitrogens with one attached hydrogen (secondary N) is 1. The molecule has 16 heavy (non-hydrogen) atoms. The minimum absolute atomic E-state index is 0.220. The second-order valence-corrected chi connectivity index (χ2v) is 9.21. The number of fused-ring (bicyclic) bond motifs is 1. The van der Waals surface area contributed by atoms with Crippen molar-refractivity contribution < 1.29 is 9.22 Å². The van der Waals surface area contributed by atoms with E-state index in [4.69, 9.17) is 4.43 Å². The molecule has 0 amide bonds. The SMILES string of the molecule is C[Si](C)(C)OC(=O)c1ccc2[nH]ccc2c1. The second-order valence-electron chi connectivity index (χ2n) is 4.78. The predicted molar refractivity (Wildman–Crippen MR) is 67.1 cm³/mol. The van der Waals surface area contributed by atoms with Crippen molar-refractivity contribution in [1.29, 1.82) is 0 Å². The van der Waals surface area contributed by atoms with Gasteiger partial charge in [0, 0.05) is 17.1 Å². The van der Waals surface area contributed by atoms with Gasteiger partial charge >= 0.3 is 5.97 Å². The molecule has 0 bridgehead atoms. The van der Waals surface area contributed by atoms with Gasteiger partial charge in [-0.3, -0.25) is 0 Å². The molecule has 0 saturated carbocycles. The van der Waals surface area contributed by atoms with Crippen LogP contribution < -0.4 is 0 Å². The maximum absolute atomic E-state index is 11.8. The zero-order valence-corrected chi connectivity index (χ0v) is 10.7. The molecule has 3 nitrogen and oxygen atoms in total. The van der Waals surface area contributed by atoms with Crippen LogP contribution in [0.2, 0.25) is 19.6 Å². The van der Waals surface area contributed by atoms with Crippen LogP contribution in [0.4, 0.5) is 0 Å². The maximum Gasteiger partial charge on any atom is 0.324 e. The first kappa shape index (κ1) is 10.9. The van der Waals surface area contributed by atoms with E-state index in [1.54, 1.807) is 6.07 Å². The van der Waals surface area contributed by atoms with Crippen LogP contribution in [0.25, 0.3) is 10.9 Å². The average Bonchev–Trinajstić information content (AvgIpc) is 2.61. The van der Waals surface area contributed by atoms with Crippen LogP contribution in [0.15, 0.2) is 30.5 Å². The Kier molecular flexibility index (Phi) is 2.59. The van der Waals surface area contributed by atoms with Crippen molar-refractivity contribution >= 4 is 25.2 Å². The Balaban J connectivity index is 2.29. The molecular weight excluding hydrogens is 218 g/mol. The van der Waals surface area contributed by atoms with Gasteiger partial charge in [0.25, 0.3) is 0 Å². The molecule has 0 aliphatic carbocycles. The Labute approximate surface area is 95.6 Å². The van der Waals surface area contributed by atoms with Crippen molar-refractivity contribution in [2.45, 2.75) is 19.6 Å². The number of hydrogen-bond acceptors (Lipinski definition) is 2. The monoisotopic (exact) mass is 233 g/mol. The molecule has 0 aliphatic heterocycles. The fourth-order valence-corrected chi connectivity index (χ4v) is 2.19. The summed E-state index contributed by atoms with van der Waals surface area (Å²) < 4.78 is 5.44. The normalized spacial score (nSPS) is 11.7. The Hall–Kier alpha value is -1.55. The number of rotatable bonds is 2. The van der Waals surface area contributed by atoms with Crippen LogP contribution in [-0.4, -0.2) is 19.3 Å². The largest absolute Gasteiger partial charge is 0.516 e. The van der Waals surface area contributed by atoms with Gasteiger partial charge < -0.3 is 9.41 Å². The van der Waals surface area contributed by atoms with Gasteiger partial charge in [-0.1, -0.05) is 0 Å². The van der Waals surface area contributed by atoms with Gasteiger partial charge in [0.05, 0.1) is 5.56 Å². The topological polar surface area (TPSA) is 42.1 Å². The van der Waals surface area contributed by atoms with Crippen molar-refractivity contribution in [3.8, 4) is 0 Å². The molecule has 1 aromatic heterocycles. The number of carbonyl (C=O) groups excluding carboxylic acids is 1. The van der Waals surface area contributed by atoms with E-state index in [0.717, 1.165) is 10.9 Å². The van der Waals surface area contributed by atoms with Crippen molar-refractivity contribution in [3.05, 3.63) is 36.0 Å². The molecule has 2 rings (SSSR count). The summed E-state index contributed by atoms with van der Waals surface area (Å²) in [7, 11) is -1.81. The van der Waals surface area contributed by atoms with Crippen molar-refractivity contribution in [3.63, 3.8) is 0 Å². The number of benzene rings is 1. The van der Waals surface area contributed by atoms with Crippen LogP contribution >= 0.6 is 0 Å². The third kappa shape index (κ3) is 2.33. The van der Waals surface area contributed by atoms with E-state index >= 15 is 0 Å². The van der Waals surface area contributed by atoms with E-state index in [1.807, 2.05) is 44.0 Å². The van der Waals surface area contributed by atoms with Gasteiger partial charge in [-0.25, -0.2) is 4.79 Å². The zero-order chi connectivity index (χ0) is 11.8. The smallest absolute Gasteiger partial charge is 0.324 e. The van der Waals surface area contributed by atoms with E-state index in [0.29, 0.717) is 5.56 Å². The first-order chi connectivity index (χ1) is 7.46. The Bertz CT molecular complexity index is 525. The molecule has 84 valence electrons. The molecule has 0 radical (unpaired) electrons. The summed E-state index contributed by atoms with van der Waals surface area (Å²) in [4.78, 5) is 14.9. The summed E-state index contributed by atoms with van der Waals surface area (Å²) in [6, 6.07) is 7.49. The highest BCUT2D eigenvalue weighted by Gasteiger charge is 2.21. The highest BCUT2D eigenvalue weighted by atomic mass is 28.4. The second kappa shape index (κ2) is 3.79. The number of H-pyrrole nitrogens is 1. The summed E-state index contributed by atoms with van der Waals surface area (Å²) in [5, 5.41) is 1.03. The average molecular weight is 233 g/mol. The van der Waals surface area contributed by atoms with E-state index in [1.165, 1.54) is 0 Å². The summed E-state index contributed by atoms with van der Waals surface area (Å²) in [6.45, 7) is 6.00. The summed E-state index contributed by atoms with van der Waals surface area (Å²) in [5.41, 5.74) is 1.65. The lowest BCUT2D eigenvalue weighted by molar-refractivity contribution is 0.0725. The fraction of sp³-hybridized carbons (Fsp3) is 0.250. The van der Waals surface area contributed by atoms with Gasteiger partial charge in [0.2, 0.25) is 8.32 Å². The lowest BCUT2D eigenvalue weighted by atomic mass is 10.1. The third-order valence-corrected chi connectivity index (χ3v) is 2.99. The molecule has 0 aliphatic rings. The van der Waals surface area contributed by atoms with Crippen molar-refractivity contribution in [2.75, 3.05) is 0 Å². The molecule has 0 unspecified atom stereocenters. The lowest BCUT2D eigenvalue weighted by Crippen LogP contribution is -2.29. The number of aromatic amines is 1. The van der Waals surface area contributed by atoms with E-state index in [-0.39, 0.29) is 5.97 Å². The van der Waals surface area contributed by atoms with Crippen LogP contribution in [-0.2, 0) is 4.43 Å². The molecular formula is C12H15NO2Si. The fourth-order valence-electron chi connectivity index (χ4n) is 1.52. The molecule has 0 spiro atoms. The number of hydrogen-bond donors (Lipinski definition) is 1. The van der Waals surface area contributed by atoms with Gasteiger partial charge in [0.1, 0.15) is 0 Å². The first-order valence-corrected chi connectivity index (χ1v) is 8.67. The predicted octanol–water partition coefficient (Wildman–Crippen LogP) is 3.16. The zero-order valence-electron chi connectivity index (χ0n) is 9.70. The van der Waals surface area contributed by atoms with Crippen molar-refractivity contribution in [1.82, 2.24) is 4.98 Å². The summed E-state index contributed by atoms with van der Waals surface area (Å²) >= 11 is 0. The van der Waals surface area contributed by atoms with Crippen LogP contribution in [0.3, 0.4) is 0 Å². The molecule has 0 atom stereocenters. The number of carbonyl (C=O) groups is 1. The molecule has 0 fully saturated rings. The molecule has 1 heterocycles. The van der Waals surface area contributed by atoms with Gasteiger partial charge in [0.15, 0.2) is 0 Å². The Morgan fingerprint density at radius 2 is 2.00 bits per heavy atom.